The lowest BCUT2D eigenvalue weighted by Crippen LogP contribution is -2.69. The number of ether oxygens (including phenoxy) is 1. The lowest BCUT2D eigenvalue weighted by Gasteiger charge is -2.68. The van der Waals surface area contributed by atoms with Crippen molar-refractivity contribution in [3.05, 3.63) is 53.6 Å². The van der Waals surface area contributed by atoms with Gasteiger partial charge in [0, 0.05) is 22.7 Å². The molecule has 14 atom stereocenters. The molecule has 0 aromatic heterocycles. The van der Waals surface area contributed by atoms with Gasteiger partial charge in [-0.15, -0.1) is 0 Å². The summed E-state index contributed by atoms with van der Waals surface area (Å²) < 4.78 is 6.39. The standard InChI is InChI=1S/C39H52O7/c1-21(2)22(3)33-34(46-33)38(44)13-6-8-24-20-36-14-11-26-32(43)29(42)18-27(35(26,36)4)28(41)19-31(36)39(45)16-12-30(38)37(24,39)15-10-23-7-5-9-25(40)17-23/h5-9,17,19,21-22,24,26-27,29-30,32-34,40,42-45H,10-16,18,20H2,1-4H3/t22-,24+,26+,27+,29-,30+,32+,33-,34-,35+,36+,37-,38+,39+/m1/s1. The number of aliphatic hydroxyl groups is 4. The van der Waals surface area contributed by atoms with Gasteiger partial charge >= 0.3 is 0 Å². The number of rotatable bonds is 6. The Balaban J connectivity index is 1.29. The van der Waals surface area contributed by atoms with Crippen molar-refractivity contribution < 1.29 is 35.1 Å². The molecule has 7 nitrogen and oxygen atoms in total. The number of phenolic OH excluding ortho intramolecular Hbond substituents is 1. The van der Waals surface area contributed by atoms with Gasteiger partial charge in [0.15, 0.2) is 5.78 Å². The molecule has 6 aliphatic carbocycles. The Labute approximate surface area is 272 Å². The number of hydrogen-bond donors (Lipinski definition) is 5. The highest BCUT2D eigenvalue weighted by molar-refractivity contribution is 5.95. The summed E-state index contributed by atoms with van der Waals surface area (Å²) in [4.78, 5) is 14.2. The Hall–Kier alpha value is -2.03. The number of carbonyl (C=O) groups is 1. The second kappa shape index (κ2) is 10.0. The highest BCUT2D eigenvalue weighted by atomic mass is 16.6. The molecule has 1 spiro atoms. The highest BCUT2D eigenvalue weighted by Gasteiger charge is 2.80. The Morgan fingerprint density at radius 1 is 1.09 bits per heavy atom. The zero-order valence-electron chi connectivity index (χ0n) is 27.7. The van der Waals surface area contributed by atoms with E-state index < -0.39 is 45.6 Å². The SMILES string of the molecule is CC(C)[C@@H](C)[C@H]1O[C@H]1[C@]1(O)CC=C[C@H]2C[C@@]34CC[C@H]5[C@H](O)[C@H](O)C[C@@H](C(=O)C=C3[C@@]3(O)CC[C@H]1[C@@]23CCc1cccc(O)c1)[C@]54C. The van der Waals surface area contributed by atoms with Crippen molar-refractivity contribution in [3.63, 3.8) is 0 Å². The molecule has 1 saturated heterocycles. The number of ketones is 1. The number of aryl methyl sites for hydroxylation is 1. The fraction of sp³-hybridized carbons (Fsp3) is 0.718. The molecule has 5 N–H and O–H groups in total. The molecule has 8 rings (SSSR count). The zero-order chi connectivity index (χ0) is 32.6. The Kier molecular flexibility index (Phi) is 6.80. The summed E-state index contributed by atoms with van der Waals surface area (Å²) in [5, 5.41) is 59.0. The average molecular weight is 633 g/mol. The third kappa shape index (κ3) is 3.70. The number of epoxide rings is 1. The van der Waals surface area contributed by atoms with Crippen molar-refractivity contribution in [1.29, 1.82) is 0 Å². The molecule has 1 aliphatic heterocycles. The van der Waals surface area contributed by atoms with Crippen LogP contribution in [-0.2, 0) is 16.0 Å². The van der Waals surface area contributed by atoms with E-state index in [1.54, 1.807) is 18.2 Å². The molecule has 46 heavy (non-hydrogen) atoms. The number of hydrogen-bond acceptors (Lipinski definition) is 7. The first-order valence-electron chi connectivity index (χ1n) is 17.9. The second-order valence-corrected chi connectivity index (χ2v) is 17.0. The van der Waals surface area contributed by atoms with E-state index in [1.807, 2.05) is 12.1 Å². The molecule has 5 fully saturated rings. The topological polar surface area (TPSA) is 131 Å². The molecular weight excluding hydrogens is 580 g/mol. The minimum atomic E-state index is -1.34. The third-order valence-corrected chi connectivity index (χ3v) is 15.4. The maximum Gasteiger partial charge on any atom is 0.159 e. The largest absolute Gasteiger partial charge is 0.508 e. The molecular formula is C39H52O7. The van der Waals surface area contributed by atoms with E-state index in [4.69, 9.17) is 4.74 Å². The Bertz CT molecular complexity index is 1500. The number of aliphatic hydroxyl groups excluding tert-OH is 2. The first-order valence-corrected chi connectivity index (χ1v) is 17.9. The minimum absolute atomic E-state index is 0.0393. The summed E-state index contributed by atoms with van der Waals surface area (Å²) in [5.41, 5.74) is -2.53. The molecule has 1 aromatic rings. The number of fused-ring (bicyclic) bond motifs is 1. The van der Waals surface area contributed by atoms with Crippen LogP contribution in [0.1, 0.15) is 84.6 Å². The summed E-state index contributed by atoms with van der Waals surface area (Å²) in [5.74, 6) is -0.0803. The van der Waals surface area contributed by atoms with E-state index in [-0.39, 0.29) is 53.8 Å². The fourth-order valence-corrected chi connectivity index (χ4v) is 12.9. The highest BCUT2D eigenvalue weighted by Crippen LogP contribution is 2.80. The molecule has 7 heteroatoms. The number of aromatic hydroxyl groups is 1. The van der Waals surface area contributed by atoms with Gasteiger partial charge in [-0.25, -0.2) is 0 Å². The lowest BCUT2D eigenvalue weighted by molar-refractivity contribution is -0.205. The van der Waals surface area contributed by atoms with Gasteiger partial charge in [-0.3, -0.25) is 4.79 Å². The maximum absolute atomic E-state index is 14.2. The van der Waals surface area contributed by atoms with Crippen LogP contribution >= 0.6 is 0 Å². The molecule has 0 amide bonds. The van der Waals surface area contributed by atoms with Crippen LogP contribution in [0.5, 0.6) is 5.75 Å². The van der Waals surface area contributed by atoms with Gasteiger partial charge in [-0.05, 0) is 116 Å². The molecule has 1 heterocycles. The van der Waals surface area contributed by atoms with Crippen LogP contribution in [-0.4, -0.2) is 66.9 Å². The fourth-order valence-electron chi connectivity index (χ4n) is 12.9. The monoisotopic (exact) mass is 632 g/mol. The van der Waals surface area contributed by atoms with Crippen molar-refractivity contribution in [2.45, 2.75) is 121 Å². The number of phenols is 1. The molecule has 0 bridgehead atoms. The molecule has 250 valence electrons. The summed E-state index contributed by atoms with van der Waals surface area (Å²) in [6, 6.07) is 7.32. The summed E-state index contributed by atoms with van der Waals surface area (Å²) in [7, 11) is 0. The smallest absolute Gasteiger partial charge is 0.159 e. The Morgan fingerprint density at radius 2 is 1.87 bits per heavy atom. The lowest BCUT2D eigenvalue weighted by atomic mass is 9.37. The normalized spacial score (nSPS) is 50.8. The van der Waals surface area contributed by atoms with Gasteiger partial charge in [0.25, 0.3) is 0 Å². The number of allylic oxidation sites excluding steroid dienone is 2. The summed E-state index contributed by atoms with van der Waals surface area (Å²) in [6.07, 6.45) is 9.22. The van der Waals surface area contributed by atoms with Crippen molar-refractivity contribution >= 4 is 5.78 Å². The van der Waals surface area contributed by atoms with Gasteiger partial charge in [0.1, 0.15) is 17.5 Å². The molecule has 1 aromatic carbocycles. The number of benzene rings is 1. The maximum atomic E-state index is 14.2. The summed E-state index contributed by atoms with van der Waals surface area (Å²) >= 11 is 0. The number of carbonyl (C=O) groups excluding carboxylic acids is 1. The predicted octanol–water partition coefficient (Wildman–Crippen LogP) is 4.88. The van der Waals surface area contributed by atoms with Crippen molar-refractivity contribution in [2.24, 2.45) is 51.8 Å². The van der Waals surface area contributed by atoms with Gasteiger partial charge in [0.05, 0.1) is 23.9 Å². The average Bonchev–Trinajstić information content (AvgIpc) is 3.70. The van der Waals surface area contributed by atoms with Gasteiger partial charge in [-0.1, -0.05) is 52.0 Å². The van der Waals surface area contributed by atoms with E-state index in [9.17, 15) is 30.3 Å². The first-order chi connectivity index (χ1) is 21.7. The minimum Gasteiger partial charge on any atom is -0.508 e. The molecule has 7 aliphatic rings. The summed E-state index contributed by atoms with van der Waals surface area (Å²) in [6.45, 7) is 8.75. The van der Waals surface area contributed by atoms with E-state index in [1.165, 1.54) is 0 Å². The molecule has 4 saturated carbocycles. The van der Waals surface area contributed by atoms with Crippen LogP contribution < -0.4 is 0 Å². The van der Waals surface area contributed by atoms with Crippen LogP contribution in [0.3, 0.4) is 0 Å². The van der Waals surface area contributed by atoms with Crippen molar-refractivity contribution in [1.82, 2.24) is 0 Å². The first kappa shape index (κ1) is 31.3. The third-order valence-electron chi connectivity index (χ3n) is 15.4. The van der Waals surface area contributed by atoms with Crippen LogP contribution in [0.4, 0.5) is 0 Å². The molecule has 0 radical (unpaired) electrons. The quantitative estimate of drug-likeness (QED) is 0.223. The predicted molar refractivity (Wildman–Crippen MR) is 172 cm³/mol. The van der Waals surface area contributed by atoms with Crippen molar-refractivity contribution in [3.8, 4) is 5.75 Å². The van der Waals surface area contributed by atoms with Crippen LogP contribution in [0, 0.1) is 51.8 Å². The second-order valence-electron chi connectivity index (χ2n) is 17.0. The van der Waals surface area contributed by atoms with E-state index in [0.29, 0.717) is 44.4 Å². The van der Waals surface area contributed by atoms with E-state index >= 15 is 0 Å². The van der Waals surface area contributed by atoms with Crippen molar-refractivity contribution in [2.75, 3.05) is 0 Å². The van der Waals surface area contributed by atoms with Crippen LogP contribution in [0.25, 0.3) is 0 Å². The van der Waals surface area contributed by atoms with E-state index in [0.717, 1.165) is 24.0 Å². The van der Waals surface area contributed by atoms with E-state index in [2.05, 4.69) is 39.8 Å². The van der Waals surface area contributed by atoms with Crippen LogP contribution in [0.15, 0.2) is 48.1 Å². The zero-order valence-corrected chi connectivity index (χ0v) is 27.7. The Morgan fingerprint density at radius 3 is 2.61 bits per heavy atom. The molecule has 0 unspecified atom stereocenters. The van der Waals surface area contributed by atoms with Gasteiger partial charge in [0.2, 0.25) is 0 Å². The van der Waals surface area contributed by atoms with Gasteiger partial charge in [-0.2, -0.15) is 0 Å². The van der Waals surface area contributed by atoms with Crippen LogP contribution in [0.2, 0.25) is 0 Å². The van der Waals surface area contributed by atoms with Gasteiger partial charge < -0.3 is 30.3 Å².